The Kier molecular flexibility index (Phi) is 5.43. The number of nitrogens with two attached hydrogens (primary N) is 1. The number of ketones is 1. The smallest absolute Gasteiger partial charge is 0.205 e. The molecule has 3 rings (SSSR count). The Balaban J connectivity index is 1.90. The number of nitriles is 1. The van der Waals surface area contributed by atoms with Gasteiger partial charge in [-0.25, -0.2) is 0 Å². The van der Waals surface area contributed by atoms with Gasteiger partial charge in [-0.3, -0.25) is 4.79 Å². The van der Waals surface area contributed by atoms with E-state index in [0.29, 0.717) is 22.0 Å². The number of carbonyl (C=O) groups excluding carboxylic acids is 1. The maximum absolute atomic E-state index is 12.8. The molecule has 3 aromatic rings. The summed E-state index contributed by atoms with van der Waals surface area (Å²) in [6.45, 7) is 4.48. The second-order valence-corrected chi connectivity index (χ2v) is 6.96. The zero-order chi connectivity index (χ0) is 19.4. The summed E-state index contributed by atoms with van der Waals surface area (Å²) in [5.41, 5.74) is 9.00. The van der Waals surface area contributed by atoms with E-state index in [4.69, 9.17) is 10.5 Å². The van der Waals surface area contributed by atoms with Gasteiger partial charge < -0.3 is 15.8 Å². The number of hydrogen-bond donors (Lipinski definition) is 2. The summed E-state index contributed by atoms with van der Waals surface area (Å²) in [5.74, 6) is 0.582. The Bertz CT molecular complexity index is 1000. The molecular formula is C21H19N3O2S. The van der Waals surface area contributed by atoms with Crippen LogP contribution in [0.3, 0.4) is 0 Å². The maximum atomic E-state index is 12.8. The predicted molar refractivity (Wildman–Crippen MR) is 109 cm³/mol. The molecule has 6 heteroatoms. The van der Waals surface area contributed by atoms with Crippen molar-refractivity contribution in [1.29, 1.82) is 5.26 Å². The number of nitrogens with zero attached hydrogens (tertiary/aromatic N) is 1. The van der Waals surface area contributed by atoms with Crippen LogP contribution in [0.25, 0.3) is 0 Å². The van der Waals surface area contributed by atoms with Gasteiger partial charge in [0, 0.05) is 11.3 Å². The molecule has 2 aromatic carbocycles. The van der Waals surface area contributed by atoms with Crippen LogP contribution >= 0.6 is 11.3 Å². The highest BCUT2D eigenvalue weighted by Gasteiger charge is 2.22. The number of hydrogen-bond acceptors (Lipinski definition) is 6. The van der Waals surface area contributed by atoms with Crippen LogP contribution in [0.2, 0.25) is 0 Å². The molecule has 136 valence electrons. The van der Waals surface area contributed by atoms with Crippen molar-refractivity contribution in [2.24, 2.45) is 0 Å². The highest BCUT2D eigenvalue weighted by Crippen LogP contribution is 2.38. The minimum absolute atomic E-state index is 0.186. The van der Waals surface area contributed by atoms with E-state index in [1.54, 1.807) is 12.1 Å². The molecule has 0 unspecified atom stereocenters. The van der Waals surface area contributed by atoms with Gasteiger partial charge >= 0.3 is 0 Å². The molecular weight excluding hydrogens is 358 g/mol. The van der Waals surface area contributed by atoms with E-state index in [9.17, 15) is 10.1 Å². The molecule has 0 amide bonds. The van der Waals surface area contributed by atoms with Crippen molar-refractivity contribution in [2.45, 2.75) is 13.8 Å². The van der Waals surface area contributed by atoms with Crippen LogP contribution in [0, 0.1) is 18.3 Å². The monoisotopic (exact) mass is 377 g/mol. The van der Waals surface area contributed by atoms with Crippen LogP contribution < -0.4 is 15.8 Å². The topological polar surface area (TPSA) is 88.1 Å². The first-order valence-corrected chi connectivity index (χ1v) is 9.28. The molecule has 0 aliphatic rings. The lowest BCUT2D eigenvalue weighted by atomic mass is 10.1. The fraction of sp³-hybridized carbons (Fsp3) is 0.143. The third-order valence-electron chi connectivity index (χ3n) is 4.00. The average Bonchev–Trinajstić information content (AvgIpc) is 2.98. The Hall–Kier alpha value is -3.30. The molecule has 5 nitrogen and oxygen atoms in total. The number of aryl methyl sites for hydroxylation is 1. The normalized spacial score (nSPS) is 10.3. The molecule has 0 aliphatic heterocycles. The number of benzene rings is 2. The van der Waals surface area contributed by atoms with Crippen molar-refractivity contribution in [3.8, 4) is 11.8 Å². The van der Waals surface area contributed by atoms with E-state index in [0.717, 1.165) is 17.0 Å². The summed E-state index contributed by atoms with van der Waals surface area (Å²) < 4.78 is 5.43. The Morgan fingerprint density at radius 2 is 1.85 bits per heavy atom. The SMILES string of the molecule is CCOc1ccc(Nc2sc(C(=O)c3ccc(C)cc3)c(N)c2C#N)cc1. The van der Waals surface area contributed by atoms with Crippen LogP contribution in [-0.2, 0) is 0 Å². The number of nitrogens with one attached hydrogen (secondary N) is 1. The summed E-state index contributed by atoms with van der Waals surface area (Å²) in [6.07, 6.45) is 0. The van der Waals surface area contributed by atoms with E-state index in [2.05, 4.69) is 11.4 Å². The van der Waals surface area contributed by atoms with Crippen molar-refractivity contribution in [1.82, 2.24) is 0 Å². The van der Waals surface area contributed by atoms with Crippen LogP contribution in [0.4, 0.5) is 16.4 Å². The molecule has 1 aromatic heterocycles. The molecule has 1 heterocycles. The van der Waals surface area contributed by atoms with Crippen LogP contribution in [0.15, 0.2) is 48.5 Å². The van der Waals surface area contributed by atoms with Gasteiger partial charge in [-0.05, 0) is 38.1 Å². The van der Waals surface area contributed by atoms with E-state index in [-0.39, 0.29) is 17.0 Å². The molecule has 0 saturated carbocycles. The van der Waals surface area contributed by atoms with Crippen LogP contribution in [-0.4, -0.2) is 12.4 Å². The van der Waals surface area contributed by atoms with Crippen molar-refractivity contribution in [3.05, 3.63) is 70.1 Å². The van der Waals surface area contributed by atoms with Crippen molar-refractivity contribution < 1.29 is 9.53 Å². The van der Waals surface area contributed by atoms with E-state index in [1.165, 1.54) is 11.3 Å². The first-order valence-electron chi connectivity index (χ1n) is 8.47. The highest BCUT2D eigenvalue weighted by molar-refractivity contribution is 7.19. The lowest BCUT2D eigenvalue weighted by molar-refractivity contribution is 0.104. The maximum Gasteiger partial charge on any atom is 0.205 e. The van der Waals surface area contributed by atoms with Gasteiger partial charge in [0.25, 0.3) is 0 Å². The molecule has 27 heavy (non-hydrogen) atoms. The van der Waals surface area contributed by atoms with Gasteiger partial charge in [0.05, 0.1) is 12.3 Å². The summed E-state index contributed by atoms with van der Waals surface area (Å²) in [6, 6.07) is 16.8. The summed E-state index contributed by atoms with van der Waals surface area (Å²) in [5, 5.41) is 13.2. The second-order valence-electron chi connectivity index (χ2n) is 5.94. The number of carbonyl (C=O) groups is 1. The van der Waals surface area contributed by atoms with Crippen molar-refractivity contribution in [2.75, 3.05) is 17.7 Å². The molecule has 0 aliphatic carbocycles. The molecule has 3 N–H and O–H groups in total. The Labute approximate surface area is 162 Å². The first kappa shape index (κ1) is 18.5. The standard InChI is InChI=1S/C21H19N3O2S/c1-3-26-16-10-8-15(9-11-16)24-21-17(12-22)18(23)20(27-21)19(25)14-6-4-13(2)5-7-14/h4-11,24H,3,23H2,1-2H3. The zero-order valence-electron chi connectivity index (χ0n) is 15.1. The fourth-order valence-electron chi connectivity index (χ4n) is 2.58. The third-order valence-corrected chi connectivity index (χ3v) is 5.12. The lowest BCUT2D eigenvalue weighted by Crippen LogP contribution is -2.02. The van der Waals surface area contributed by atoms with Crippen molar-refractivity contribution in [3.63, 3.8) is 0 Å². The molecule has 0 bridgehead atoms. The first-order chi connectivity index (χ1) is 13.0. The van der Waals surface area contributed by atoms with E-state index in [1.807, 2.05) is 50.2 Å². The van der Waals surface area contributed by atoms with Gasteiger partial charge in [-0.15, -0.1) is 11.3 Å². The van der Waals surface area contributed by atoms with Gasteiger partial charge in [0.2, 0.25) is 5.78 Å². The Morgan fingerprint density at radius 3 is 2.44 bits per heavy atom. The van der Waals surface area contributed by atoms with Gasteiger partial charge in [-0.1, -0.05) is 29.8 Å². The third kappa shape index (κ3) is 3.94. The largest absolute Gasteiger partial charge is 0.494 e. The van der Waals surface area contributed by atoms with Gasteiger partial charge in [0.1, 0.15) is 27.3 Å². The fourth-order valence-corrected chi connectivity index (χ4v) is 3.63. The molecule has 0 radical (unpaired) electrons. The highest BCUT2D eigenvalue weighted by atomic mass is 32.1. The molecule has 0 saturated heterocycles. The number of anilines is 3. The number of ether oxygens (including phenoxy) is 1. The summed E-state index contributed by atoms with van der Waals surface area (Å²) in [7, 11) is 0. The van der Waals surface area contributed by atoms with Crippen LogP contribution in [0.1, 0.15) is 33.3 Å². The summed E-state index contributed by atoms with van der Waals surface area (Å²) in [4.78, 5) is 13.2. The van der Waals surface area contributed by atoms with Crippen LogP contribution in [0.5, 0.6) is 5.75 Å². The van der Waals surface area contributed by atoms with Crippen molar-refractivity contribution >= 4 is 33.5 Å². The average molecular weight is 377 g/mol. The number of rotatable bonds is 6. The molecule has 0 atom stereocenters. The number of nitrogen functional groups attached to an aromatic ring is 1. The van der Waals surface area contributed by atoms with Gasteiger partial charge in [0.15, 0.2) is 0 Å². The number of thiophene rings is 1. The van der Waals surface area contributed by atoms with E-state index < -0.39 is 0 Å². The molecule has 0 fully saturated rings. The van der Waals surface area contributed by atoms with Gasteiger partial charge in [-0.2, -0.15) is 5.26 Å². The Morgan fingerprint density at radius 1 is 1.19 bits per heavy atom. The van der Waals surface area contributed by atoms with E-state index >= 15 is 0 Å². The summed E-state index contributed by atoms with van der Waals surface area (Å²) >= 11 is 1.19. The minimum atomic E-state index is -0.186. The quantitative estimate of drug-likeness (QED) is 0.598. The minimum Gasteiger partial charge on any atom is -0.494 e. The predicted octanol–water partition coefficient (Wildman–Crippen LogP) is 4.88. The molecule has 0 spiro atoms. The lowest BCUT2D eigenvalue weighted by Gasteiger charge is -2.06. The zero-order valence-corrected chi connectivity index (χ0v) is 15.9. The second kappa shape index (κ2) is 7.94.